The predicted octanol–water partition coefficient (Wildman–Crippen LogP) is 5.12. The molecule has 2 aromatic carbocycles. The lowest BCUT2D eigenvalue weighted by molar-refractivity contribution is -0.136. The third-order valence-electron chi connectivity index (χ3n) is 5.64. The van der Waals surface area contributed by atoms with Crippen LogP contribution in [0.1, 0.15) is 44.8 Å². The standard InChI is InChI=1S/C26H20Cl2N4O5S/c1-36-21-10-14(6-9-20(21)37-26(35)17-8-7-15(27)11-19(17)28)13-30-32-24(34)23(33)31-25-18(12-29)16-4-2-3-5-22(16)38-25/h6-11,13H,2-5H2,1H3,(H,31,33)(H,32,34)/b30-13-. The first-order valence-electron chi connectivity index (χ1n) is 11.3. The summed E-state index contributed by atoms with van der Waals surface area (Å²) in [5, 5.41) is 16.7. The maximum absolute atomic E-state index is 12.5. The number of amides is 2. The number of carbonyl (C=O) groups excluding carboxylic acids is 3. The zero-order valence-corrected chi connectivity index (χ0v) is 22.3. The molecule has 1 aromatic heterocycles. The fraction of sp³-hybridized carbons (Fsp3) is 0.192. The first-order valence-corrected chi connectivity index (χ1v) is 12.9. The molecule has 12 heteroatoms. The summed E-state index contributed by atoms with van der Waals surface area (Å²) in [5.74, 6) is -2.26. The third kappa shape index (κ3) is 6.14. The number of rotatable bonds is 6. The number of hydrazone groups is 1. The monoisotopic (exact) mass is 570 g/mol. The summed E-state index contributed by atoms with van der Waals surface area (Å²) < 4.78 is 10.7. The van der Waals surface area contributed by atoms with E-state index in [0.29, 0.717) is 21.2 Å². The Morgan fingerprint density at radius 2 is 1.87 bits per heavy atom. The van der Waals surface area contributed by atoms with E-state index in [4.69, 9.17) is 32.7 Å². The summed E-state index contributed by atoms with van der Waals surface area (Å²) in [6.07, 6.45) is 4.96. The molecule has 1 aliphatic carbocycles. The molecular formula is C26H20Cl2N4O5S. The van der Waals surface area contributed by atoms with Crippen LogP contribution in [0.2, 0.25) is 10.0 Å². The van der Waals surface area contributed by atoms with Gasteiger partial charge in [0.2, 0.25) is 0 Å². The largest absolute Gasteiger partial charge is 0.493 e. The number of nitrogens with one attached hydrogen (secondary N) is 2. The van der Waals surface area contributed by atoms with Gasteiger partial charge >= 0.3 is 17.8 Å². The van der Waals surface area contributed by atoms with Crippen LogP contribution in [0, 0.1) is 11.3 Å². The highest BCUT2D eigenvalue weighted by atomic mass is 35.5. The molecule has 1 aliphatic rings. The van der Waals surface area contributed by atoms with Crippen LogP contribution in [0.5, 0.6) is 11.5 Å². The van der Waals surface area contributed by atoms with Gasteiger partial charge in [0.15, 0.2) is 11.5 Å². The number of nitriles is 1. The van der Waals surface area contributed by atoms with Crippen molar-refractivity contribution in [2.24, 2.45) is 5.10 Å². The van der Waals surface area contributed by atoms with Crippen molar-refractivity contribution in [3.05, 3.63) is 73.6 Å². The molecule has 0 bridgehead atoms. The van der Waals surface area contributed by atoms with Gasteiger partial charge in [0.25, 0.3) is 0 Å². The number of hydrogen-bond donors (Lipinski definition) is 2. The normalized spacial score (nSPS) is 12.4. The fourth-order valence-electron chi connectivity index (χ4n) is 3.81. The number of hydrogen-bond acceptors (Lipinski definition) is 8. The number of methoxy groups -OCH3 is 1. The SMILES string of the molecule is COc1cc(/C=N\NC(=O)C(=O)Nc2sc3c(c2C#N)CCCC3)ccc1OC(=O)c1ccc(Cl)cc1Cl. The quantitative estimate of drug-likeness (QED) is 0.139. The zero-order chi connectivity index (χ0) is 27.2. The van der Waals surface area contributed by atoms with Crippen molar-refractivity contribution in [1.29, 1.82) is 5.26 Å². The van der Waals surface area contributed by atoms with Crippen molar-refractivity contribution in [2.75, 3.05) is 12.4 Å². The fourth-order valence-corrected chi connectivity index (χ4v) is 5.53. The minimum absolute atomic E-state index is 0.134. The molecule has 194 valence electrons. The highest BCUT2D eigenvalue weighted by molar-refractivity contribution is 7.16. The number of halogens is 2. The molecule has 0 unspecified atom stereocenters. The molecule has 0 fully saturated rings. The van der Waals surface area contributed by atoms with Crippen molar-refractivity contribution in [2.45, 2.75) is 25.7 Å². The van der Waals surface area contributed by atoms with Gasteiger partial charge in [-0.2, -0.15) is 10.4 Å². The van der Waals surface area contributed by atoms with Crippen LogP contribution >= 0.6 is 34.5 Å². The Morgan fingerprint density at radius 1 is 1.08 bits per heavy atom. The van der Waals surface area contributed by atoms with Gasteiger partial charge in [0.05, 0.1) is 29.5 Å². The molecule has 0 radical (unpaired) electrons. The second-order valence-corrected chi connectivity index (χ2v) is 10.1. The average Bonchev–Trinajstić information content (AvgIpc) is 3.25. The maximum atomic E-state index is 12.5. The van der Waals surface area contributed by atoms with Gasteiger partial charge in [-0.05, 0) is 73.2 Å². The maximum Gasteiger partial charge on any atom is 0.345 e. The van der Waals surface area contributed by atoms with Crippen molar-refractivity contribution in [1.82, 2.24) is 5.43 Å². The highest BCUT2D eigenvalue weighted by Gasteiger charge is 2.23. The number of nitrogens with zero attached hydrogens (tertiary/aromatic N) is 2. The van der Waals surface area contributed by atoms with Crippen LogP contribution in [-0.2, 0) is 22.4 Å². The van der Waals surface area contributed by atoms with Crippen molar-refractivity contribution >= 4 is 63.5 Å². The minimum Gasteiger partial charge on any atom is -0.493 e. The summed E-state index contributed by atoms with van der Waals surface area (Å²) in [6.45, 7) is 0. The number of fused-ring (bicyclic) bond motifs is 1. The second kappa shape index (κ2) is 12.1. The molecule has 0 saturated heterocycles. The van der Waals surface area contributed by atoms with Gasteiger partial charge in [0.1, 0.15) is 11.1 Å². The van der Waals surface area contributed by atoms with E-state index < -0.39 is 17.8 Å². The number of benzene rings is 2. The van der Waals surface area contributed by atoms with E-state index in [1.165, 1.54) is 55.0 Å². The molecular weight excluding hydrogens is 551 g/mol. The van der Waals surface area contributed by atoms with Crippen LogP contribution in [-0.4, -0.2) is 31.1 Å². The number of aryl methyl sites for hydroxylation is 1. The molecule has 3 aromatic rings. The van der Waals surface area contributed by atoms with E-state index in [1.54, 1.807) is 6.07 Å². The molecule has 9 nitrogen and oxygen atoms in total. The van der Waals surface area contributed by atoms with E-state index >= 15 is 0 Å². The third-order valence-corrected chi connectivity index (χ3v) is 7.39. The zero-order valence-electron chi connectivity index (χ0n) is 20.0. The Hall–Kier alpha value is -3.91. The number of carbonyl (C=O) groups is 3. The van der Waals surface area contributed by atoms with Gasteiger partial charge in [-0.1, -0.05) is 23.2 Å². The van der Waals surface area contributed by atoms with E-state index in [1.807, 2.05) is 0 Å². The van der Waals surface area contributed by atoms with Crippen molar-refractivity contribution < 1.29 is 23.9 Å². The van der Waals surface area contributed by atoms with Gasteiger partial charge in [0, 0.05) is 9.90 Å². The lowest BCUT2D eigenvalue weighted by atomic mass is 9.96. The van der Waals surface area contributed by atoms with Crippen LogP contribution in [0.3, 0.4) is 0 Å². The number of esters is 1. The molecule has 0 saturated carbocycles. The first kappa shape index (κ1) is 27.1. The molecule has 38 heavy (non-hydrogen) atoms. The van der Waals surface area contributed by atoms with E-state index in [2.05, 4.69) is 21.9 Å². The van der Waals surface area contributed by atoms with Gasteiger partial charge in [-0.25, -0.2) is 10.2 Å². The van der Waals surface area contributed by atoms with Crippen LogP contribution in [0.4, 0.5) is 5.00 Å². The molecule has 0 atom stereocenters. The predicted molar refractivity (Wildman–Crippen MR) is 144 cm³/mol. The summed E-state index contributed by atoms with van der Waals surface area (Å²) in [5.41, 5.74) is 4.15. The Kier molecular flexibility index (Phi) is 8.63. The van der Waals surface area contributed by atoms with Crippen LogP contribution in [0.15, 0.2) is 41.5 Å². The number of anilines is 1. The lowest BCUT2D eigenvalue weighted by Gasteiger charge is -2.10. The highest BCUT2D eigenvalue weighted by Crippen LogP contribution is 2.37. The van der Waals surface area contributed by atoms with E-state index in [9.17, 15) is 19.6 Å². The Bertz CT molecular complexity index is 1500. The van der Waals surface area contributed by atoms with Gasteiger partial charge in [-0.15, -0.1) is 11.3 Å². The summed E-state index contributed by atoms with van der Waals surface area (Å²) in [6, 6.07) is 11.1. The average molecular weight is 571 g/mol. The Balaban J connectivity index is 1.38. The van der Waals surface area contributed by atoms with Gasteiger partial charge < -0.3 is 14.8 Å². The molecule has 2 amide bonds. The number of ether oxygens (including phenoxy) is 2. The van der Waals surface area contributed by atoms with Crippen molar-refractivity contribution in [3.8, 4) is 17.6 Å². The topological polar surface area (TPSA) is 130 Å². The summed E-state index contributed by atoms with van der Waals surface area (Å²) >= 11 is 13.3. The van der Waals surface area contributed by atoms with E-state index in [0.717, 1.165) is 36.1 Å². The van der Waals surface area contributed by atoms with Crippen LogP contribution in [0.25, 0.3) is 0 Å². The van der Waals surface area contributed by atoms with Crippen LogP contribution < -0.4 is 20.2 Å². The molecule has 0 aliphatic heterocycles. The molecule has 4 rings (SSSR count). The van der Waals surface area contributed by atoms with Gasteiger partial charge in [-0.3, -0.25) is 9.59 Å². The summed E-state index contributed by atoms with van der Waals surface area (Å²) in [7, 11) is 1.40. The first-order chi connectivity index (χ1) is 18.3. The molecule has 0 spiro atoms. The second-order valence-electron chi connectivity index (χ2n) is 8.10. The Labute approximate surface area is 232 Å². The molecule has 1 heterocycles. The molecule has 2 N–H and O–H groups in total. The lowest BCUT2D eigenvalue weighted by Crippen LogP contribution is -2.32. The van der Waals surface area contributed by atoms with E-state index in [-0.39, 0.29) is 22.1 Å². The minimum atomic E-state index is -0.992. The number of thiophene rings is 1. The Morgan fingerprint density at radius 3 is 2.61 bits per heavy atom. The summed E-state index contributed by atoms with van der Waals surface area (Å²) in [4.78, 5) is 38.2. The van der Waals surface area contributed by atoms with Crippen molar-refractivity contribution in [3.63, 3.8) is 0 Å². The smallest absolute Gasteiger partial charge is 0.345 e.